The number of hydrogen-bond donors (Lipinski definition) is 1. The molecule has 1 amide bonds. The van der Waals surface area contributed by atoms with Gasteiger partial charge in [-0.2, -0.15) is 4.31 Å². The van der Waals surface area contributed by atoms with Crippen molar-refractivity contribution in [2.75, 3.05) is 26.7 Å². The van der Waals surface area contributed by atoms with E-state index in [0.717, 1.165) is 24.8 Å². The number of fused-ring (bicyclic) bond motifs is 1. The lowest BCUT2D eigenvalue weighted by Crippen LogP contribution is -2.50. The molecular formula is C26H33N3O5S. The summed E-state index contributed by atoms with van der Waals surface area (Å²) in [6.45, 7) is 3.75. The first-order valence-corrected chi connectivity index (χ1v) is 13.4. The Bertz CT molecular complexity index is 1200. The number of sulfonamides is 1. The van der Waals surface area contributed by atoms with Gasteiger partial charge in [0.15, 0.2) is 0 Å². The van der Waals surface area contributed by atoms with Crippen LogP contribution >= 0.6 is 0 Å². The number of aliphatic hydroxyl groups excluding tert-OH is 1. The molecule has 9 heteroatoms. The number of allylic oxidation sites excluding steroid dienone is 2. The van der Waals surface area contributed by atoms with E-state index < -0.39 is 22.2 Å². The van der Waals surface area contributed by atoms with E-state index in [1.807, 2.05) is 19.1 Å². The maximum Gasteiger partial charge on any atom is 0.253 e. The molecule has 2 heterocycles. The normalized spacial score (nSPS) is 22.8. The minimum Gasteiger partial charge on any atom is -0.487 e. The van der Waals surface area contributed by atoms with Crippen LogP contribution in [0.4, 0.5) is 0 Å². The Hall–Kier alpha value is -2.75. The number of amides is 1. The number of hydrogen-bond acceptors (Lipinski definition) is 6. The molecular weight excluding hydrogens is 466 g/mol. The largest absolute Gasteiger partial charge is 0.487 e. The minimum atomic E-state index is -3.90. The van der Waals surface area contributed by atoms with Crippen molar-refractivity contribution in [3.63, 3.8) is 0 Å². The van der Waals surface area contributed by atoms with Crippen LogP contribution in [0.3, 0.4) is 0 Å². The topological polar surface area (TPSA) is 100 Å². The molecule has 35 heavy (non-hydrogen) atoms. The van der Waals surface area contributed by atoms with Crippen LogP contribution in [0.15, 0.2) is 53.7 Å². The number of carbonyl (C=O) groups is 1. The van der Waals surface area contributed by atoms with Crippen LogP contribution in [0.1, 0.15) is 49.0 Å². The molecule has 1 aliphatic carbocycles. The van der Waals surface area contributed by atoms with E-state index in [9.17, 15) is 18.3 Å². The number of carbonyl (C=O) groups excluding carboxylic acids is 1. The number of nitrogens with zero attached hydrogens (tertiary/aromatic N) is 3. The molecule has 2 aliphatic rings. The van der Waals surface area contributed by atoms with Gasteiger partial charge < -0.3 is 14.7 Å². The van der Waals surface area contributed by atoms with E-state index in [1.54, 1.807) is 49.5 Å². The average Bonchev–Trinajstić information content (AvgIpc) is 3.40. The summed E-state index contributed by atoms with van der Waals surface area (Å²) in [7, 11) is -2.19. The highest BCUT2D eigenvalue weighted by atomic mass is 32.2. The van der Waals surface area contributed by atoms with Crippen molar-refractivity contribution >= 4 is 21.5 Å². The highest BCUT2D eigenvalue weighted by molar-refractivity contribution is 7.89. The second kappa shape index (κ2) is 10.5. The molecule has 1 aromatic heterocycles. The maximum absolute atomic E-state index is 13.6. The van der Waals surface area contributed by atoms with E-state index in [-0.39, 0.29) is 42.2 Å². The number of aliphatic hydroxyl groups is 1. The van der Waals surface area contributed by atoms with Gasteiger partial charge in [0.05, 0.1) is 13.2 Å². The first kappa shape index (κ1) is 25.3. The van der Waals surface area contributed by atoms with Gasteiger partial charge >= 0.3 is 0 Å². The van der Waals surface area contributed by atoms with E-state index >= 15 is 0 Å². The van der Waals surface area contributed by atoms with Gasteiger partial charge in [-0.15, -0.1) is 0 Å². The zero-order chi connectivity index (χ0) is 25.2. The van der Waals surface area contributed by atoms with Crippen molar-refractivity contribution < 1.29 is 23.1 Å². The van der Waals surface area contributed by atoms with Gasteiger partial charge in [-0.05, 0) is 61.6 Å². The monoisotopic (exact) mass is 499 g/mol. The Kier molecular flexibility index (Phi) is 7.59. The van der Waals surface area contributed by atoms with Crippen molar-refractivity contribution in [1.29, 1.82) is 0 Å². The Balaban J connectivity index is 1.72. The highest BCUT2D eigenvalue weighted by Gasteiger charge is 2.38. The zero-order valence-electron chi connectivity index (χ0n) is 20.4. The molecule has 0 spiro atoms. The third kappa shape index (κ3) is 5.27. The van der Waals surface area contributed by atoms with Crippen molar-refractivity contribution in [2.24, 2.45) is 5.92 Å². The Labute approximate surface area is 207 Å². The Morgan fingerprint density at radius 3 is 2.69 bits per heavy atom. The molecule has 1 aliphatic heterocycles. The molecule has 2 aromatic rings. The van der Waals surface area contributed by atoms with Gasteiger partial charge in [-0.1, -0.05) is 19.1 Å². The number of ether oxygens (including phenoxy) is 1. The third-order valence-electron chi connectivity index (χ3n) is 6.81. The van der Waals surface area contributed by atoms with Crippen LogP contribution in [-0.4, -0.2) is 72.5 Å². The second-order valence-electron chi connectivity index (χ2n) is 9.44. The number of pyridine rings is 1. The molecule has 0 fully saturated rings. The molecule has 8 nitrogen and oxygen atoms in total. The standard InChI is InChI=1S/C26H33N3O5S/c1-18-15-29(19(2)17-30)35(32,33)25-9-8-22(20-6-4-5-7-20)14-23(25)34-24(18)16-28(3)26(31)21-10-12-27-13-11-21/h6,8-14,18-19,24,30H,4-5,7,15-17H2,1-3H3/t18-,19+,24-/m1/s1. The van der Waals surface area contributed by atoms with Gasteiger partial charge in [0.25, 0.3) is 5.91 Å². The number of likely N-dealkylation sites (N-methyl/N-ethyl adjacent to an activating group) is 1. The number of benzene rings is 1. The van der Waals surface area contributed by atoms with E-state index in [4.69, 9.17) is 4.74 Å². The van der Waals surface area contributed by atoms with Crippen molar-refractivity contribution in [1.82, 2.24) is 14.2 Å². The first-order valence-electron chi connectivity index (χ1n) is 12.0. The lowest BCUT2D eigenvalue weighted by atomic mass is 10.0. The summed E-state index contributed by atoms with van der Waals surface area (Å²) < 4.78 is 35.0. The van der Waals surface area contributed by atoms with Gasteiger partial charge in [0.2, 0.25) is 10.0 Å². The quantitative estimate of drug-likeness (QED) is 0.655. The predicted molar refractivity (Wildman–Crippen MR) is 133 cm³/mol. The zero-order valence-corrected chi connectivity index (χ0v) is 21.2. The summed E-state index contributed by atoms with van der Waals surface area (Å²) in [5.74, 6) is -0.121. The highest BCUT2D eigenvalue weighted by Crippen LogP contribution is 2.37. The van der Waals surface area contributed by atoms with Crippen molar-refractivity contribution in [3.05, 3.63) is 59.9 Å². The smallest absolute Gasteiger partial charge is 0.253 e. The fourth-order valence-corrected chi connectivity index (χ4v) is 6.47. The summed E-state index contributed by atoms with van der Waals surface area (Å²) >= 11 is 0. The molecule has 188 valence electrons. The van der Waals surface area contributed by atoms with Gasteiger partial charge in [0, 0.05) is 43.5 Å². The first-order chi connectivity index (χ1) is 16.7. The number of rotatable bonds is 6. The lowest BCUT2D eigenvalue weighted by molar-refractivity contribution is 0.0563. The van der Waals surface area contributed by atoms with Crippen LogP contribution in [-0.2, 0) is 10.0 Å². The fraction of sp³-hybridized carbons (Fsp3) is 0.462. The molecule has 0 saturated heterocycles. The molecule has 3 atom stereocenters. The van der Waals surface area contributed by atoms with Gasteiger partial charge in [0.1, 0.15) is 16.7 Å². The molecule has 1 aromatic carbocycles. The van der Waals surface area contributed by atoms with E-state index in [1.165, 1.54) is 9.88 Å². The average molecular weight is 500 g/mol. The van der Waals surface area contributed by atoms with E-state index in [2.05, 4.69) is 11.1 Å². The van der Waals surface area contributed by atoms with Crippen LogP contribution in [0.5, 0.6) is 5.75 Å². The SMILES string of the molecule is C[C@@H]1CN([C@@H](C)CO)S(=O)(=O)c2ccc(C3=CCCC3)cc2O[C@@H]1CN(C)C(=O)c1ccncc1. The fourth-order valence-electron chi connectivity index (χ4n) is 4.64. The minimum absolute atomic E-state index is 0.0835. The Morgan fingerprint density at radius 1 is 1.29 bits per heavy atom. The van der Waals surface area contributed by atoms with Crippen molar-refractivity contribution in [3.8, 4) is 5.75 Å². The van der Waals surface area contributed by atoms with Gasteiger partial charge in [-0.25, -0.2) is 8.42 Å². The second-order valence-corrected chi connectivity index (χ2v) is 11.3. The summed E-state index contributed by atoms with van der Waals surface area (Å²) in [5.41, 5.74) is 2.66. The molecule has 1 N–H and O–H groups in total. The predicted octanol–water partition coefficient (Wildman–Crippen LogP) is 3.19. The van der Waals surface area contributed by atoms with Crippen LogP contribution in [0.2, 0.25) is 0 Å². The molecule has 0 unspecified atom stereocenters. The summed E-state index contributed by atoms with van der Waals surface area (Å²) in [4.78, 5) is 18.6. The molecule has 0 bridgehead atoms. The number of aromatic nitrogens is 1. The Morgan fingerprint density at radius 2 is 2.03 bits per heavy atom. The molecule has 4 rings (SSSR count). The molecule has 0 saturated carbocycles. The van der Waals surface area contributed by atoms with Crippen LogP contribution in [0, 0.1) is 5.92 Å². The van der Waals surface area contributed by atoms with Crippen LogP contribution < -0.4 is 4.74 Å². The molecule has 0 radical (unpaired) electrons. The maximum atomic E-state index is 13.6. The third-order valence-corrected chi connectivity index (χ3v) is 8.83. The van der Waals surface area contributed by atoms with Crippen molar-refractivity contribution in [2.45, 2.75) is 50.2 Å². The summed E-state index contributed by atoms with van der Waals surface area (Å²) in [6.07, 6.45) is 7.91. The van der Waals surface area contributed by atoms with Crippen LogP contribution in [0.25, 0.3) is 5.57 Å². The summed E-state index contributed by atoms with van der Waals surface area (Å²) in [5, 5.41) is 9.81. The summed E-state index contributed by atoms with van der Waals surface area (Å²) in [6, 6.07) is 7.97. The lowest BCUT2D eigenvalue weighted by Gasteiger charge is -2.37. The van der Waals surface area contributed by atoms with E-state index in [0.29, 0.717) is 5.56 Å². The van der Waals surface area contributed by atoms with Gasteiger partial charge in [-0.3, -0.25) is 9.78 Å².